The molecule has 0 aromatic rings. The van der Waals surface area contributed by atoms with Crippen molar-refractivity contribution in [1.29, 1.82) is 0 Å². The van der Waals surface area contributed by atoms with E-state index in [2.05, 4.69) is 13.2 Å². The number of carboxylic acids is 2. The summed E-state index contributed by atoms with van der Waals surface area (Å²) in [6.45, 7) is 6.58. The van der Waals surface area contributed by atoms with Crippen molar-refractivity contribution in [3.63, 3.8) is 0 Å². The zero-order chi connectivity index (χ0) is 14.6. The molecule has 18 heavy (non-hydrogen) atoms. The third-order valence-electron chi connectivity index (χ3n) is 2.54. The predicted molar refractivity (Wildman–Crippen MR) is 63.2 cm³/mol. The molecule has 0 saturated carbocycles. The van der Waals surface area contributed by atoms with Crippen LogP contribution in [0.25, 0.3) is 0 Å². The molecule has 8 heteroatoms. The molecule has 0 aromatic heterocycles. The first-order valence-corrected chi connectivity index (χ1v) is 6.55. The minimum atomic E-state index is -5.14. The van der Waals surface area contributed by atoms with Crippen molar-refractivity contribution in [2.24, 2.45) is 5.41 Å². The van der Waals surface area contributed by atoms with Crippen LogP contribution < -0.4 is 0 Å². The first-order chi connectivity index (χ1) is 8.13. The van der Waals surface area contributed by atoms with Crippen molar-refractivity contribution < 1.29 is 34.2 Å². The molecule has 7 nitrogen and oxygen atoms in total. The Morgan fingerprint density at radius 1 is 1.17 bits per heavy atom. The molecule has 0 aromatic carbocycles. The normalized spacial score (nSPS) is 13.7. The average Bonchev–Trinajstić information content (AvgIpc) is 2.14. The number of carboxylic acid groups (broad SMARTS) is 2. The maximum Gasteiger partial charge on any atom is 0.340 e. The van der Waals surface area contributed by atoms with Crippen LogP contribution in [0.2, 0.25) is 0 Å². The van der Waals surface area contributed by atoms with Gasteiger partial charge in [0.1, 0.15) is 0 Å². The van der Waals surface area contributed by atoms with Gasteiger partial charge in [-0.2, -0.15) is 0 Å². The zero-order valence-corrected chi connectivity index (χ0v) is 10.4. The third kappa shape index (κ3) is 3.29. The highest BCUT2D eigenvalue weighted by atomic mass is 31.2. The van der Waals surface area contributed by atoms with Crippen LogP contribution in [0, 0.1) is 5.41 Å². The van der Waals surface area contributed by atoms with Crippen LogP contribution in [0.1, 0.15) is 12.8 Å². The van der Waals surface area contributed by atoms with Crippen LogP contribution >= 0.6 is 7.60 Å². The first-order valence-electron chi connectivity index (χ1n) is 4.86. The van der Waals surface area contributed by atoms with Gasteiger partial charge in [0.2, 0.25) is 0 Å². The summed E-state index contributed by atoms with van der Waals surface area (Å²) in [5.74, 6) is -3.48. The Morgan fingerprint density at radius 2 is 1.56 bits per heavy atom. The fraction of sp³-hybridized carbons (Fsp3) is 0.400. The van der Waals surface area contributed by atoms with Crippen molar-refractivity contribution in [3.8, 4) is 0 Å². The van der Waals surface area contributed by atoms with Gasteiger partial charge >= 0.3 is 19.5 Å². The van der Waals surface area contributed by atoms with Crippen molar-refractivity contribution in [2.75, 3.05) is 0 Å². The van der Waals surface area contributed by atoms with E-state index in [4.69, 9.17) is 20.0 Å². The molecule has 1 atom stereocenters. The molecule has 0 aliphatic carbocycles. The first kappa shape index (κ1) is 16.6. The molecule has 0 fully saturated rings. The minimum absolute atomic E-state index is 0.392. The fourth-order valence-corrected chi connectivity index (χ4v) is 3.07. The van der Waals surface area contributed by atoms with Gasteiger partial charge in [0, 0.05) is 0 Å². The highest BCUT2D eigenvalue weighted by Crippen LogP contribution is 2.53. The lowest BCUT2D eigenvalue weighted by molar-refractivity contribution is -0.155. The van der Waals surface area contributed by atoms with Crippen molar-refractivity contribution >= 4 is 19.5 Å². The standard InChI is InChI=1S/C10H15O7P/c1-3-5-10(6-4-2,9(13)14)7(8(11)12)18(15,16)17/h3-4,7H,1-2,5-6H2,(H,11,12)(H,13,14)(H2,15,16,17). The maximum absolute atomic E-state index is 11.3. The second kappa shape index (κ2) is 5.95. The number of rotatable bonds is 8. The van der Waals surface area contributed by atoms with Gasteiger partial charge < -0.3 is 20.0 Å². The molecule has 0 spiro atoms. The van der Waals surface area contributed by atoms with E-state index < -0.39 is 43.5 Å². The summed E-state index contributed by atoms with van der Waals surface area (Å²) in [6.07, 6.45) is 1.44. The van der Waals surface area contributed by atoms with Crippen molar-refractivity contribution in [2.45, 2.75) is 18.5 Å². The van der Waals surface area contributed by atoms with Crippen LogP contribution in [-0.4, -0.2) is 37.6 Å². The van der Waals surface area contributed by atoms with E-state index in [-0.39, 0.29) is 0 Å². The molecule has 0 heterocycles. The number of carbonyl (C=O) groups is 2. The van der Waals surface area contributed by atoms with Gasteiger partial charge in [-0.15, -0.1) is 13.2 Å². The molecule has 1 unspecified atom stereocenters. The van der Waals surface area contributed by atoms with Crippen LogP contribution in [0.3, 0.4) is 0 Å². The Balaban J connectivity index is 5.99. The summed E-state index contributed by atoms with van der Waals surface area (Å²) in [6, 6.07) is 0. The summed E-state index contributed by atoms with van der Waals surface area (Å²) in [5, 5.41) is 18.1. The van der Waals surface area contributed by atoms with Crippen molar-refractivity contribution in [3.05, 3.63) is 25.3 Å². The minimum Gasteiger partial charge on any atom is -0.481 e. The lowest BCUT2D eigenvalue weighted by atomic mass is 9.77. The predicted octanol–water partition coefficient (Wildman–Crippen LogP) is 0.841. The highest BCUT2D eigenvalue weighted by Gasteiger charge is 2.56. The van der Waals surface area contributed by atoms with Crippen LogP contribution in [0.4, 0.5) is 0 Å². The van der Waals surface area contributed by atoms with Crippen LogP contribution in [0.15, 0.2) is 25.3 Å². The highest BCUT2D eigenvalue weighted by molar-refractivity contribution is 7.53. The Kier molecular flexibility index (Phi) is 5.48. The molecular weight excluding hydrogens is 263 g/mol. The summed E-state index contributed by atoms with van der Waals surface area (Å²) in [7, 11) is -5.14. The summed E-state index contributed by atoms with van der Waals surface area (Å²) in [5.41, 5.74) is -4.51. The molecule has 0 aliphatic heterocycles. The Bertz CT molecular complexity index is 398. The van der Waals surface area contributed by atoms with E-state index in [0.717, 1.165) is 12.2 Å². The number of aliphatic carboxylic acids is 2. The van der Waals surface area contributed by atoms with E-state index in [1.807, 2.05) is 0 Å². The SMILES string of the molecule is C=CCC(CC=C)(C(=O)O)C(C(=O)O)P(=O)(O)O. The Labute approximate surface area is 104 Å². The van der Waals surface area contributed by atoms with Crippen LogP contribution in [-0.2, 0) is 14.2 Å². The maximum atomic E-state index is 11.3. The molecule has 0 rings (SSSR count). The van der Waals surface area contributed by atoms with E-state index in [1.54, 1.807) is 0 Å². The van der Waals surface area contributed by atoms with E-state index in [1.165, 1.54) is 0 Å². The smallest absolute Gasteiger partial charge is 0.340 e. The fourth-order valence-electron chi connectivity index (χ4n) is 1.82. The van der Waals surface area contributed by atoms with Crippen molar-refractivity contribution in [1.82, 2.24) is 0 Å². The second-order valence-electron chi connectivity index (χ2n) is 3.78. The van der Waals surface area contributed by atoms with Gasteiger partial charge in [-0.25, -0.2) is 0 Å². The topological polar surface area (TPSA) is 132 Å². The monoisotopic (exact) mass is 278 g/mol. The van der Waals surface area contributed by atoms with Gasteiger partial charge in [0.05, 0.1) is 5.41 Å². The molecule has 0 amide bonds. The van der Waals surface area contributed by atoms with Gasteiger partial charge in [-0.05, 0) is 12.8 Å². The second-order valence-corrected chi connectivity index (χ2v) is 5.47. The number of hydrogen-bond donors (Lipinski definition) is 4. The molecule has 0 radical (unpaired) electrons. The van der Waals surface area contributed by atoms with E-state index in [0.29, 0.717) is 0 Å². The molecule has 0 saturated heterocycles. The molecule has 102 valence electrons. The van der Waals surface area contributed by atoms with Gasteiger partial charge in [-0.3, -0.25) is 14.2 Å². The number of hydrogen-bond acceptors (Lipinski definition) is 3. The summed E-state index contributed by atoms with van der Waals surface area (Å²) in [4.78, 5) is 40.5. The molecule has 4 N–H and O–H groups in total. The molecular formula is C10H15O7P. The van der Waals surface area contributed by atoms with E-state index >= 15 is 0 Å². The van der Waals surface area contributed by atoms with Gasteiger partial charge in [-0.1, -0.05) is 12.2 Å². The summed E-state index contributed by atoms with van der Waals surface area (Å²) < 4.78 is 11.3. The largest absolute Gasteiger partial charge is 0.481 e. The number of allylic oxidation sites excluding steroid dienone is 2. The lowest BCUT2D eigenvalue weighted by Crippen LogP contribution is -2.46. The van der Waals surface area contributed by atoms with E-state index in [9.17, 15) is 14.2 Å². The Hall–Kier alpha value is -1.43. The Morgan fingerprint density at radius 3 is 1.72 bits per heavy atom. The quantitative estimate of drug-likeness (QED) is 0.382. The van der Waals surface area contributed by atoms with Crippen LogP contribution in [0.5, 0.6) is 0 Å². The van der Waals surface area contributed by atoms with Gasteiger partial charge in [0.25, 0.3) is 0 Å². The zero-order valence-electron chi connectivity index (χ0n) is 9.52. The lowest BCUT2D eigenvalue weighted by Gasteiger charge is -2.33. The third-order valence-corrected chi connectivity index (χ3v) is 3.92. The molecule has 0 aliphatic rings. The van der Waals surface area contributed by atoms with Gasteiger partial charge in [0.15, 0.2) is 5.66 Å². The molecule has 0 bridgehead atoms. The summed E-state index contributed by atoms with van der Waals surface area (Å²) >= 11 is 0. The average molecular weight is 278 g/mol.